The fourth-order valence-corrected chi connectivity index (χ4v) is 2.29. The van der Waals surface area contributed by atoms with Crippen LogP contribution >= 0.6 is 0 Å². The number of epoxide rings is 1. The van der Waals surface area contributed by atoms with Crippen LogP contribution in [0.25, 0.3) is 0 Å². The molecule has 1 saturated heterocycles. The number of hydrogen-bond donors (Lipinski definition) is 0. The summed E-state index contributed by atoms with van der Waals surface area (Å²) in [5, 5.41) is 0. The minimum atomic E-state index is -0.0230. The summed E-state index contributed by atoms with van der Waals surface area (Å²) in [6, 6.07) is 0. The number of ether oxygens (including phenoxy) is 2. The van der Waals surface area contributed by atoms with Crippen molar-refractivity contribution in [1.29, 1.82) is 0 Å². The summed E-state index contributed by atoms with van der Waals surface area (Å²) in [6.45, 7) is 6.77. The van der Waals surface area contributed by atoms with Crippen LogP contribution in [0.5, 0.6) is 0 Å². The number of hydrogen-bond acceptors (Lipinski definition) is 3. The quantitative estimate of drug-likeness (QED) is 0.530. The maximum absolute atomic E-state index is 11.8. The molecule has 1 heterocycles. The predicted octanol–water partition coefficient (Wildman–Crippen LogP) is 2.00. The minimum absolute atomic E-state index is 0.0230. The Kier molecular flexibility index (Phi) is 3.01. The molecule has 2 rings (SSSR count). The summed E-state index contributed by atoms with van der Waals surface area (Å²) in [5.74, 6) is 0.865. The highest BCUT2D eigenvalue weighted by molar-refractivity contribution is 5.73. The first-order valence-electron chi connectivity index (χ1n) is 5.90. The zero-order valence-electron chi connectivity index (χ0n) is 9.73. The summed E-state index contributed by atoms with van der Waals surface area (Å²) >= 11 is 0. The Morgan fingerprint density at radius 1 is 1.40 bits per heavy atom. The van der Waals surface area contributed by atoms with E-state index in [-0.39, 0.29) is 11.9 Å². The number of fused-ring (bicyclic) bond motifs is 1. The molecule has 0 spiro atoms. The Morgan fingerprint density at radius 3 is 2.73 bits per heavy atom. The maximum Gasteiger partial charge on any atom is 0.309 e. The SMILES string of the molecule is CC(C)COC(=O)C1CC2OC2CC1C. The summed E-state index contributed by atoms with van der Waals surface area (Å²) in [7, 11) is 0. The second kappa shape index (κ2) is 4.12. The van der Waals surface area contributed by atoms with E-state index in [0.29, 0.717) is 30.7 Å². The van der Waals surface area contributed by atoms with Crippen LogP contribution in [0, 0.1) is 17.8 Å². The van der Waals surface area contributed by atoms with Crippen LogP contribution in [-0.2, 0) is 14.3 Å². The summed E-state index contributed by atoms with van der Waals surface area (Å²) in [6.07, 6.45) is 2.67. The van der Waals surface area contributed by atoms with Crippen molar-refractivity contribution in [1.82, 2.24) is 0 Å². The Bertz CT molecular complexity index is 249. The smallest absolute Gasteiger partial charge is 0.309 e. The molecule has 3 nitrogen and oxygen atoms in total. The molecular weight excluding hydrogens is 192 g/mol. The normalized spacial score (nSPS) is 38.7. The molecule has 2 fully saturated rings. The van der Waals surface area contributed by atoms with Gasteiger partial charge in [0.2, 0.25) is 0 Å². The third-order valence-corrected chi connectivity index (χ3v) is 3.33. The molecule has 1 aliphatic heterocycles. The fourth-order valence-electron chi connectivity index (χ4n) is 2.29. The Hall–Kier alpha value is -0.570. The predicted molar refractivity (Wildman–Crippen MR) is 56.3 cm³/mol. The van der Waals surface area contributed by atoms with Crippen LogP contribution < -0.4 is 0 Å². The van der Waals surface area contributed by atoms with Gasteiger partial charge in [-0.2, -0.15) is 0 Å². The van der Waals surface area contributed by atoms with Gasteiger partial charge in [-0.1, -0.05) is 20.8 Å². The van der Waals surface area contributed by atoms with Crippen molar-refractivity contribution >= 4 is 5.97 Å². The zero-order valence-corrected chi connectivity index (χ0v) is 9.73. The molecule has 1 saturated carbocycles. The number of carbonyl (C=O) groups is 1. The highest BCUT2D eigenvalue weighted by atomic mass is 16.6. The molecule has 15 heavy (non-hydrogen) atoms. The van der Waals surface area contributed by atoms with Gasteiger partial charge in [0.15, 0.2) is 0 Å². The molecule has 86 valence electrons. The third kappa shape index (κ3) is 2.51. The van der Waals surface area contributed by atoms with E-state index in [1.54, 1.807) is 0 Å². The first-order chi connectivity index (χ1) is 7.08. The van der Waals surface area contributed by atoms with Gasteiger partial charge in [-0.3, -0.25) is 4.79 Å². The van der Waals surface area contributed by atoms with Crippen LogP contribution in [0.2, 0.25) is 0 Å². The van der Waals surface area contributed by atoms with Gasteiger partial charge in [-0.05, 0) is 24.7 Å². The van der Waals surface area contributed by atoms with Crippen LogP contribution in [0.15, 0.2) is 0 Å². The van der Waals surface area contributed by atoms with E-state index < -0.39 is 0 Å². The minimum Gasteiger partial charge on any atom is -0.465 e. The van der Waals surface area contributed by atoms with E-state index >= 15 is 0 Å². The van der Waals surface area contributed by atoms with E-state index in [1.807, 2.05) is 0 Å². The van der Waals surface area contributed by atoms with Gasteiger partial charge in [-0.15, -0.1) is 0 Å². The third-order valence-electron chi connectivity index (χ3n) is 3.33. The average Bonchev–Trinajstić information content (AvgIpc) is 2.90. The molecule has 0 amide bonds. The van der Waals surface area contributed by atoms with E-state index in [4.69, 9.17) is 9.47 Å². The molecule has 3 heteroatoms. The molecule has 0 bridgehead atoms. The molecule has 1 aliphatic carbocycles. The van der Waals surface area contributed by atoms with Crippen molar-refractivity contribution in [2.75, 3.05) is 6.61 Å². The number of esters is 1. The van der Waals surface area contributed by atoms with Crippen molar-refractivity contribution in [3.05, 3.63) is 0 Å². The maximum atomic E-state index is 11.8. The summed E-state index contributed by atoms with van der Waals surface area (Å²) < 4.78 is 10.7. The molecular formula is C12H20O3. The Balaban J connectivity index is 1.83. The van der Waals surface area contributed by atoms with Gasteiger partial charge in [0.25, 0.3) is 0 Å². The largest absolute Gasteiger partial charge is 0.465 e. The van der Waals surface area contributed by atoms with Gasteiger partial charge < -0.3 is 9.47 Å². The van der Waals surface area contributed by atoms with Crippen LogP contribution in [0.4, 0.5) is 0 Å². The zero-order chi connectivity index (χ0) is 11.0. The molecule has 0 N–H and O–H groups in total. The highest BCUT2D eigenvalue weighted by Gasteiger charge is 2.49. The monoisotopic (exact) mass is 212 g/mol. The molecule has 0 aromatic carbocycles. The number of carbonyl (C=O) groups excluding carboxylic acids is 1. The van der Waals surface area contributed by atoms with Gasteiger partial charge in [-0.25, -0.2) is 0 Å². The molecule has 2 aliphatic rings. The van der Waals surface area contributed by atoms with Gasteiger partial charge in [0.05, 0.1) is 24.7 Å². The average molecular weight is 212 g/mol. The second-order valence-electron chi connectivity index (χ2n) is 5.29. The van der Waals surface area contributed by atoms with E-state index in [2.05, 4.69) is 20.8 Å². The van der Waals surface area contributed by atoms with E-state index in [0.717, 1.165) is 12.8 Å². The van der Waals surface area contributed by atoms with Gasteiger partial charge >= 0.3 is 5.97 Å². The van der Waals surface area contributed by atoms with Gasteiger partial charge in [0, 0.05) is 0 Å². The molecule has 4 atom stereocenters. The van der Waals surface area contributed by atoms with Gasteiger partial charge in [0.1, 0.15) is 0 Å². The van der Waals surface area contributed by atoms with Crippen molar-refractivity contribution in [3.63, 3.8) is 0 Å². The summed E-state index contributed by atoms with van der Waals surface area (Å²) in [5.41, 5.74) is 0. The molecule has 0 radical (unpaired) electrons. The molecule has 4 unspecified atom stereocenters. The molecule has 0 aromatic heterocycles. The van der Waals surface area contributed by atoms with E-state index in [9.17, 15) is 4.79 Å². The topological polar surface area (TPSA) is 38.8 Å². The Morgan fingerprint density at radius 2 is 2.07 bits per heavy atom. The number of rotatable bonds is 3. The first-order valence-corrected chi connectivity index (χ1v) is 5.90. The van der Waals surface area contributed by atoms with Crippen LogP contribution in [0.1, 0.15) is 33.6 Å². The van der Waals surface area contributed by atoms with Crippen molar-refractivity contribution in [2.24, 2.45) is 17.8 Å². The fraction of sp³-hybridized carbons (Fsp3) is 0.917. The van der Waals surface area contributed by atoms with Crippen molar-refractivity contribution < 1.29 is 14.3 Å². The lowest BCUT2D eigenvalue weighted by molar-refractivity contribution is -0.152. The summed E-state index contributed by atoms with van der Waals surface area (Å²) in [4.78, 5) is 11.8. The van der Waals surface area contributed by atoms with Crippen molar-refractivity contribution in [2.45, 2.75) is 45.8 Å². The van der Waals surface area contributed by atoms with Crippen molar-refractivity contribution in [3.8, 4) is 0 Å². The Labute approximate surface area is 91.1 Å². The lowest BCUT2D eigenvalue weighted by Crippen LogP contribution is -2.31. The lowest BCUT2D eigenvalue weighted by Gasteiger charge is -2.24. The highest BCUT2D eigenvalue weighted by Crippen LogP contribution is 2.43. The van der Waals surface area contributed by atoms with Crippen LogP contribution in [-0.4, -0.2) is 24.8 Å². The van der Waals surface area contributed by atoms with E-state index in [1.165, 1.54) is 0 Å². The van der Waals surface area contributed by atoms with Crippen LogP contribution in [0.3, 0.4) is 0 Å². The standard InChI is InChI=1S/C12H20O3/c1-7(2)6-14-12(13)9-5-11-10(15-11)4-8(9)3/h7-11H,4-6H2,1-3H3. The molecule has 0 aromatic rings. The first kappa shape index (κ1) is 10.9. The second-order valence-corrected chi connectivity index (χ2v) is 5.29. The lowest BCUT2D eigenvalue weighted by atomic mass is 9.80.